The molecule has 0 aliphatic heterocycles. The number of amidine groups is 2. The molecule has 0 spiro atoms. The zero-order valence-corrected chi connectivity index (χ0v) is 17.6. The van der Waals surface area contributed by atoms with Gasteiger partial charge in [0.15, 0.2) is 23.3 Å². The summed E-state index contributed by atoms with van der Waals surface area (Å²) < 4.78 is 0. The van der Waals surface area contributed by atoms with Crippen LogP contribution in [-0.4, -0.2) is 31.6 Å². The van der Waals surface area contributed by atoms with E-state index in [2.05, 4.69) is 56.4 Å². The van der Waals surface area contributed by atoms with Crippen molar-refractivity contribution in [3.63, 3.8) is 0 Å². The Hall–Kier alpha value is -4.17. The summed E-state index contributed by atoms with van der Waals surface area (Å²) in [5.41, 5.74) is 16.0. The number of hydrogen-bond acceptors (Lipinski definition) is 6. The average molecular weight is 443 g/mol. The summed E-state index contributed by atoms with van der Waals surface area (Å²) >= 11 is 0. The lowest BCUT2D eigenvalue weighted by Gasteiger charge is -2.23. The second-order valence-electron chi connectivity index (χ2n) is 7.27. The Labute approximate surface area is 189 Å². The number of nitrogens with two attached hydrogens (primary N) is 2. The van der Waals surface area contributed by atoms with Crippen LogP contribution in [0.4, 0.5) is 0 Å². The molecule has 1 atom stereocenters. The highest BCUT2D eigenvalue weighted by atomic mass is 35.5. The molecule has 9 heteroatoms. The van der Waals surface area contributed by atoms with Gasteiger partial charge in [-0.2, -0.15) is 0 Å². The van der Waals surface area contributed by atoms with Crippen LogP contribution in [0.5, 0.6) is 0 Å². The highest BCUT2D eigenvalue weighted by Crippen LogP contribution is 2.41. The van der Waals surface area contributed by atoms with Crippen molar-refractivity contribution in [2.75, 3.05) is 0 Å². The Morgan fingerprint density at radius 1 is 0.812 bits per heavy atom. The summed E-state index contributed by atoms with van der Waals surface area (Å²) in [6.07, 6.45) is 11.1. The van der Waals surface area contributed by atoms with Gasteiger partial charge in [-0.1, -0.05) is 42.5 Å². The SMILES string of the molecule is Cl.N=C(N)c1ncc(-c2ccc3cccc4c3c2C=CC4c2cnc(C(=N)N)nc2)cn1. The largest absolute Gasteiger partial charge is 0.381 e. The molecule has 0 bridgehead atoms. The van der Waals surface area contributed by atoms with Crippen LogP contribution >= 0.6 is 12.4 Å². The van der Waals surface area contributed by atoms with Gasteiger partial charge in [-0.25, -0.2) is 19.9 Å². The van der Waals surface area contributed by atoms with Gasteiger partial charge in [0, 0.05) is 41.8 Å². The van der Waals surface area contributed by atoms with Crippen LogP contribution in [-0.2, 0) is 0 Å². The molecule has 0 saturated heterocycles. The zero-order chi connectivity index (χ0) is 21.5. The van der Waals surface area contributed by atoms with Crippen molar-refractivity contribution in [1.29, 1.82) is 10.8 Å². The number of halogens is 1. The third-order valence-electron chi connectivity index (χ3n) is 5.38. The van der Waals surface area contributed by atoms with E-state index in [1.165, 1.54) is 0 Å². The predicted octanol–water partition coefficient (Wildman–Crippen LogP) is 3.24. The minimum Gasteiger partial charge on any atom is -0.381 e. The van der Waals surface area contributed by atoms with E-state index in [9.17, 15) is 0 Å². The van der Waals surface area contributed by atoms with Gasteiger partial charge in [0.25, 0.3) is 0 Å². The van der Waals surface area contributed by atoms with Crippen LogP contribution in [0.1, 0.15) is 34.3 Å². The lowest BCUT2D eigenvalue weighted by molar-refractivity contribution is 0.973. The molecule has 4 aromatic rings. The van der Waals surface area contributed by atoms with Gasteiger partial charge in [-0.3, -0.25) is 10.8 Å². The van der Waals surface area contributed by atoms with E-state index in [1.54, 1.807) is 24.8 Å². The molecule has 1 unspecified atom stereocenters. The first-order valence-corrected chi connectivity index (χ1v) is 9.60. The fourth-order valence-corrected chi connectivity index (χ4v) is 3.95. The van der Waals surface area contributed by atoms with E-state index in [0.29, 0.717) is 0 Å². The number of hydrogen-bond donors (Lipinski definition) is 4. The third-order valence-corrected chi connectivity index (χ3v) is 5.38. The summed E-state index contributed by atoms with van der Waals surface area (Å²) in [6.45, 7) is 0. The monoisotopic (exact) mass is 442 g/mol. The van der Waals surface area contributed by atoms with E-state index < -0.39 is 0 Å². The second-order valence-corrected chi connectivity index (χ2v) is 7.27. The van der Waals surface area contributed by atoms with Crippen molar-refractivity contribution in [1.82, 2.24) is 19.9 Å². The van der Waals surface area contributed by atoms with Gasteiger partial charge in [-0.05, 0) is 27.5 Å². The van der Waals surface area contributed by atoms with Crippen LogP contribution in [0.25, 0.3) is 28.0 Å². The molecule has 0 radical (unpaired) electrons. The molecule has 158 valence electrons. The molecule has 2 heterocycles. The molecule has 2 aromatic heterocycles. The van der Waals surface area contributed by atoms with Crippen molar-refractivity contribution >= 4 is 40.9 Å². The van der Waals surface area contributed by atoms with Crippen molar-refractivity contribution in [3.8, 4) is 11.1 Å². The van der Waals surface area contributed by atoms with Gasteiger partial charge >= 0.3 is 0 Å². The van der Waals surface area contributed by atoms with E-state index in [-0.39, 0.29) is 41.6 Å². The summed E-state index contributed by atoms with van der Waals surface area (Å²) in [5.74, 6) is 0.112. The second kappa shape index (κ2) is 8.16. The van der Waals surface area contributed by atoms with Crippen molar-refractivity contribution < 1.29 is 0 Å². The van der Waals surface area contributed by atoms with Gasteiger partial charge < -0.3 is 11.5 Å². The van der Waals surface area contributed by atoms with Crippen LogP contribution in [0.3, 0.4) is 0 Å². The van der Waals surface area contributed by atoms with Crippen molar-refractivity contribution in [2.24, 2.45) is 11.5 Å². The molecule has 0 saturated carbocycles. The summed E-state index contributed by atoms with van der Waals surface area (Å²) in [5, 5.41) is 17.3. The summed E-state index contributed by atoms with van der Waals surface area (Å²) in [4.78, 5) is 16.9. The van der Waals surface area contributed by atoms with Crippen molar-refractivity contribution in [2.45, 2.75) is 5.92 Å². The molecule has 2 aromatic carbocycles. The number of allylic oxidation sites excluding steroid dienone is 1. The van der Waals surface area contributed by atoms with Crippen LogP contribution in [0.15, 0.2) is 61.2 Å². The third kappa shape index (κ3) is 3.46. The number of nitrogens with one attached hydrogen (secondary N) is 2. The maximum absolute atomic E-state index is 7.49. The van der Waals surface area contributed by atoms with E-state index in [0.717, 1.165) is 38.6 Å². The quantitative estimate of drug-likeness (QED) is 0.281. The molecule has 0 amide bonds. The molecule has 32 heavy (non-hydrogen) atoms. The fourth-order valence-electron chi connectivity index (χ4n) is 3.95. The van der Waals surface area contributed by atoms with E-state index in [4.69, 9.17) is 22.3 Å². The molecular weight excluding hydrogens is 424 g/mol. The maximum Gasteiger partial charge on any atom is 0.194 e. The average Bonchev–Trinajstić information content (AvgIpc) is 2.80. The highest BCUT2D eigenvalue weighted by Gasteiger charge is 2.22. The van der Waals surface area contributed by atoms with Crippen LogP contribution in [0.2, 0.25) is 0 Å². The molecule has 5 rings (SSSR count). The van der Waals surface area contributed by atoms with Gasteiger partial charge in [0.05, 0.1) is 0 Å². The van der Waals surface area contributed by atoms with Crippen LogP contribution < -0.4 is 11.5 Å². The smallest absolute Gasteiger partial charge is 0.194 e. The molecule has 1 aliphatic carbocycles. The first-order valence-electron chi connectivity index (χ1n) is 9.60. The minimum absolute atomic E-state index is 0. The molecule has 6 N–H and O–H groups in total. The number of benzene rings is 2. The van der Waals surface area contributed by atoms with E-state index >= 15 is 0 Å². The molecular formula is C23H19ClN8. The lowest BCUT2D eigenvalue weighted by atomic mass is 9.81. The Kier molecular flexibility index (Phi) is 5.38. The van der Waals surface area contributed by atoms with Gasteiger partial charge in [0.1, 0.15) is 0 Å². The first-order chi connectivity index (χ1) is 15.0. The lowest BCUT2D eigenvalue weighted by Crippen LogP contribution is -2.16. The Morgan fingerprint density at radius 3 is 2.06 bits per heavy atom. The molecule has 0 fully saturated rings. The van der Waals surface area contributed by atoms with Crippen LogP contribution in [0, 0.1) is 10.8 Å². The van der Waals surface area contributed by atoms with Gasteiger partial charge in [0.2, 0.25) is 0 Å². The number of rotatable bonds is 4. The Balaban J connectivity index is 0.00000245. The van der Waals surface area contributed by atoms with Crippen molar-refractivity contribution in [3.05, 3.63) is 89.5 Å². The standard InChI is InChI=1S/C23H18N8.ClH/c24-20(25)22-28-8-13(9-29-22)15-5-4-12-2-1-3-17-16(6-7-18(15)19(12)17)14-10-30-23(21(26)27)31-11-14;/h1-11,16H,(H3,24,25)(H3,26,27);1H. The zero-order valence-electron chi connectivity index (χ0n) is 16.8. The highest BCUT2D eigenvalue weighted by molar-refractivity contribution is 6.01. The summed E-state index contributed by atoms with van der Waals surface area (Å²) in [6, 6.07) is 10.4. The first kappa shape index (κ1) is 21.1. The molecule has 1 aliphatic rings. The van der Waals surface area contributed by atoms with E-state index in [1.807, 2.05) is 6.07 Å². The number of aromatic nitrogens is 4. The number of nitrogens with zero attached hydrogens (tertiary/aromatic N) is 4. The van der Waals surface area contributed by atoms with Gasteiger partial charge in [-0.15, -0.1) is 12.4 Å². The Bertz CT molecular complexity index is 1380. The number of nitrogen functional groups attached to an aromatic ring is 2. The Morgan fingerprint density at radius 2 is 1.44 bits per heavy atom. The maximum atomic E-state index is 7.49. The summed E-state index contributed by atoms with van der Waals surface area (Å²) in [7, 11) is 0. The predicted molar refractivity (Wildman–Crippen MR) is 127 cm³/mol. The molecule has 8 nitrogen and oxygen atoms in total. The topological polar surface area (TPSA) is 151 Å². The minimum atomic E-state index is -0.158. The fraction of sp³-hybridized carbons (Fsp3) is 0.0435. The normalized spacial score (nSPS) is 14.1.